The van der Waals surface area contributed by atoms with E-state index in [2.05, 4.69) is 38.0 Å². The van der Waals surface area contributed by atoms with Gasteiger partial charge in [-0.15, -0.1) is 5.10 Å². The summed E-state index contributed by atoms with van der Waals surface area (Å²) in [6, 6.07) is 9.50. The maximum absolute atomic E-state index is 12.9. The van der Waals surface area contributed by atoms with Crippen LogP contribution in [0.5, 0.6) is 0 Å². The summed E-state index contributed by atoms with van der Waals surface area (Å²) in [7, 11) is 0. The van der Waals surface area contributed by atoms with Gasteiger partial charge in [-0.1, -0.05) is 56.3 Å². The van der Waals surface area contributed by atoms with Gasteiger partial charge in [-0.05, 0) is 90.6 Å². The minimum Gasteiger partial charge on any atom is -0.478 e. The van der Waals surface area contributed by atoms with Crippen LogP contribution in [0.3, 0.4) is 0 Å². The lowest BCUT2D eigenvalue weighted by Crippen LogP contribution is -2.69. The molecule has 0 amide bonds. The van der Waals surface area contributed by atoms with Crippen LogP contribution >= 0.6 is 0 Å². The predicted octanol–water partition coefficient (Wildman–Crippen LogP) is 3.99. The maximum Gasteiger partial charge on any atom is 0.332 e. The van der Waals surface area contributed by atoms with E-state index in [0.717, 1.165) is 24.8 Å². The van der Waals surface area contributed by atoms with E-state index in [1.807, 2.05) is 36.5 Å². The molecule has 0 bridgehead atoms. The molecule has 45 heavy (non-hydrogen) atoms. The van der Waals surface area contributed by atoms with Gasteiger partial charge in [0.2, 0.25) is 0 Å². The molecular weight excluding hydrogens is 572 g/mol. The number of hydrogen-bond donors (Lipinski definition) is 4. The molecule has 4 saturated carbocycles. The Hall–Kier alpha value is -3.08. The first-order chi connectivity index (χ1) is 21.2. The number of carbonyl (C=O) groups is 2. The lowest BCUT2D eigenvalue weighted by molar-refractivity contribution is -0.249. The summed E-state index contributed by atoms with van der Waals surface area (Å²) in [6.45, 7) is 10.5. The number of ether oxygens (including phenoxy) is 1. The Labute approximate surface area is 265 Å². The van der Waals surface area contributed by atoms with E-state index >= 15 is 0 Å². The first kappa shape index (κ1) is 31.9. The number of carboxylic acid groups (broad SMARTS) is 1. The minimum absolute atomic E-state index is 0.00212. The van der Waals surface area contributed by atoms with Crippen LogP contribution in [0.15, 0.2) is 47.7 Å². The molecule has 1 aromatic heterocycles. The second-order valence-corrected chi connectivity index (χ2v) is 15.1. The quantitative estimate of drug-likeness (QED) is 0.276. The summed E-state index contributed by atoms with van der Waals surface area (Å²) in [6.07, 6.45) is 3.77. The normalized spacial score (nSPS) is 41.9. The number of aliphatic hydroxyl groups is 2. The van der Waals surface area contributed by atoms with Crippen LogP contribution in [0.25, 0.3) is 0 Å². The molecule has 0 aliphatic heterocycles. The molecule has 4 unspecified atom stereocenters. The topological polar surface area (TPSA) is 161 Å². The number of carboxylic acids is 1. The lowest BCUT2D eigenvalue weighted by atomic mass is 9.35. The van der Waals surface area contributed by atoms with Crippen LogP contribution < -0.4 is 5.73 Å². The van der Waals surface area contributed by atoms with Crippen molar-refractivity contribution in [1.82, 2.24) is 15.0 Å². The zero-order valence-corrected chi connectivity index (χ0v) is 27.1. The number of benzene rings is 1. The number of nitrogens with two attached hydrogens (primary N) is 1. The average Bonchev–Trinajstić information content (AvgIpc) is 3.57. The van der Waals surface area contributed by atoms with Crippen molar-refractivity contribution in [1.29, 1.82) is 0 Å². The van der Waals surface area contributed by atoms with Crippen molar-refractivity contribution in [2.45, 2.75) is 110 Å². The van der Waals surface area contributed by atoms with Crippen LogP contribution in [0.1, 0.15) is 84.4 Å². The molecule has 0 radical (unpaired) electrons. The summed E-state index contributed by atoms with van der Waals surface area (Å²) in [5.74, 6) is -1.86. The van der Waals surface area contributed by atoms with E-state index < -0.39 is 46.6 Å². The Morgan fingerprint density at radius 2 is 1.78 bits per heavy atom. The molecule has 2 aromatic rings. The summed E-state index contributed by atoms with van der Waals surface area (Å²) >= 11 is 0. The van der Waals surface area contributed by atoms with Crippen LogP contribution in [-0.2, 0) is 32.8 Å². The van der Waals surface area contributed by atoms with Crippen LogP contribution in [0, 0.1) is 34.0 Å². The van der Waals surface area contributed by atoms with E-state index in [1.54, 1.807) is 4.68 Å². The number of fused-ring (bicyclic) bond motifs is 5. The van der Waals surface area contributed by atoms with Crippen LogP contribution in [0.2, 0.25) is 0 Å². The van der Waals surface area contributed by atoms with Crippen molar-refractivity contribution in [2.75, 3.05) is 0 Å². The van der Waals surface area contributed by atoms with Crippen molar-refractivity contribution in [3.8, 4) is 0 Å². The van der Waals surface area contributed by atoms with E-state index in [0.29, 0.717) is 30.5 Å². The Morgan fingerprint density at radius 1 is 1.07 bits per heavy atom. The number of aliphatic hydroxyl groups excluding tert-OH is 2. The van der Waals surface area contributed by atoms with Crippen molar-refractivity contribution in [2.24, 2.45) is 39.7 Å². The summed E-state index contributed by atoms with van der Waals surface area (Å²) in [5.41, 5.74) is 6.38. The molecule has 1 aromatic carbocycles. The molecule has 4 fully saturated rings. The molecule has 10 atom stereocenters. The van der Waals surface area contributed by atoms with Crippen LogP contribution in [-0.4, -0.2) is 60.6 Å². The fourth-order valence-corrected chi connectivity index (χ4v) is 11.0. The van der Waals surface area contributed by atoms with Gasteiger partial charge in [0, 0.05) is 25.5 Å². The van der Waals surface area contributed by atoms with E-state index in [1.165, 1.54) is 6.92 Å². The molecule has 6 rings (SSSR count). The molecular formula is C35H48N4O6. The molecule has 244 valence electrons. The van der Waals surface area contributed by atoms with Crippen molar-refractivity contribution in [3.63, 3.8) is 0 Å². The first-order valence-corrected chi connectivity index (χ1v) is 16.4. The lowest BCUT2D eigenvalue weighted by Gasteiger charge is -2.70. The van der Waals surface area contributed by atoms with Gasteiger partial charge in [-0.2, -0.15) is 0 Å². The Morgan fingerprint density at radius 3 is 2.40 bits per heavy atom. The largest absolute Gasteiger partial charge is 0.478 e. The van der Waals surface area contributed by atoms with Gasteiger partial charge in [0.1, 0.15) is 6.10 Å². The zero-order valence-electron chi connectivity index (χ0n) is 27.1. The zero-order chi connectivity index (χ0) is 32.5. The number of esters is 1. The van der Waals surface area contributed by atoms with Gasteiger partial charge >= 0.3 is 11.9 Å². The number of aliphatic carboxylic acids is 1. The molecule has 10 heteroatoms. The predicted molar refractivity (Wildman–Crippen MR) is 166 cm³/mol. The highest BCUT2D eigenvalue weighted by molar-refractivity contribution is 5.89. The molecule has 4 aliphatic carbocycles. The number of rotatable bonds is 6. The summed E-state index contributed by atoms with van der Waals surface area (Å²) < 4.78 is 7.76. The number of carbonyl (C=O) groups excluding carboxylic acids is 1. The van der Waals surface area contributed by atoms with Crippen LogP contribution in [0.4, 0.5) is 0 Å². The third kappa shape index (κ3) is 4.61. The molecule has 4 aliphatic rings. The number of aromatic nitrogens is 3. The molecule has 0 saturated heterocycles. The molecule has 1 heterocycles. The SMILES string of the molecule is CC(=O)OC1CC2(C)[C@@H](C[C@@H](O)[C@H]3C4(C)CC[C@@H](O)[C@](C)(n5cc(CN)nn5)[C@@H]4CCC32C)/C1=C(\Cc1ccccc1)C(=O)O. The smallest absolute Gasteiger partial charge is 0.332 e. The minimum atomic E-state index is -1.02. The van der Waals surface area contributed by atoms with Gasteiger partial charge in [0.25, 0.3) is 0 Å². The maximum atomic E-state index is 12.9. The van der Waals surface area contributed by atoms with Gasteiger partial charge in [-0.3, -0.25) is 4.79 Å². The van der Waals surface area contributed by atoms with Crippen molar-refractivity contribution in [3.05, 3.63) is 58.9 Å². The summed E-state index contributed by atoms with van der Waals surface area (Å²) in [4.78, 5) is 25.4. The number of nitrogens with zero attached hydrogens (tertiary/aromatic N) is 3. The fourth-order valence-electron chi connectivity index (χ4n) is 11.0. The van der Waals surface area contributed by atoms with Gasteiger partial charge in [0.05, 0.1) is 29.6 Å². The Balaban J connectivity index is 1.46. The Kier molecular flexibility index (Phi) is 7.81. The average molecular weight is 621 g/mol. The van der Waals surface area contributed by atoms with Gasteiger partial charge in [-0.25, -0.2) is 9.48 Å². The standard InChI is InChI=1S/C35H48N4O6/c1-20(40)45-26-17-34(4)24(29(26)23(31(43)44)15-21-9-7-6-8-10-21)16-25(41)30-32(2)13-12-28(42)35(5,27(32)11-14-33(30,34)3)39-19-22(18-36)37-38-39/h6-10,19,24-28,30,41-42H,11-18,36H2,1-5H3,(H,43,44)/b29-23-/t24-,25+,26?,27+,28+,30-,32?,33?,34?,35+/m0/s1. The van der Waals surface area contributed by atoms with E-state index in [-0.39, 0.29) is 41.7 Å². The third-order valence-electron chi connectivity index (χ3n) is 13.1. The molecule has 0 spiro atoms. The van der Waals surface area contributed by atoms with E-state index in [4.69, 9.17) is 10.5 Å². The monoisotopic (exact) mass is 620 g/mol. The van der Waals surface area contributed by atoms with Gasteiger partial charge in [0.15, 0.2) is 0 Å². The van der Waals surface area contributed by atoms with Crippen molar-refractivity contribution < 1.29 is 29.6 Å². The number of hydrogen-bond acceptors (Lipinski definition) is 8. The second kappa shape index (κ2) is 11.0. The second-order valence-electron chi connectivity index (χ2n) is 15.1. The summed E-state index contributed by atoms with van der Waals surface area (Å²) in [5, 5.41) is 43.1. The first-order valence-electron chi connectivity index (χ1n) is 16.4. The van der Waals surface area contributed by atoms with Gasteiger partial charge < -0.3 is 25.8 Å². The third-order valence-corrected chi connectivity index (χ3v) is 13.1. The highest BCUT2D eigenvalue weighted by Gasteiger charge is 2.72. The molecule has 10 nitrogen and oxygen atoms in total. The highest BCUT2D eigenvalue weighted by Crippen LogP contribution is 2.75. The molecule has 5 N–H and O–H groups in total. The Bertz CT molecular complexity index is 1510. The van der Waals surface area contributed by atoms with Crippen molar-refractivity contribution >= 4 is 11.9 Å². The van der Waals surface area contributed by atoms with E-state index in [9.17, 15) is 24.9 Å². The highest BCUT2D eigenvalue weighted by atomic mass is 16.5. The fraction of sp³-hybridized carbons (Fsp3) is 0.657.